The van der Waals surface area contributed by atoms with Crippen molar-refractivity contribution < 1.29 is 18.0 Å². The van der Waals surface area contributed by atoms with Gasteiger partial charge in [0.2, 0.25) is 5.91 Å². The molecular weight excluding hydrogens is 433 g/mol. The van der Waals surface area contributed by atoms with Crippen LogP contribution < -0.4 is 4.90 Å². The summed E-state index contributed by atoms with van der Waals surface area (Å²) >= 11 is 0. The van der Waals surface area contributed by atoms with E-state index in [2.05, 4.69) is 21.2 Å². The lowest BCUT2D eigenvalue weighted by atomic mass is 10.0. The van der Waals surface area contributed by atoms with Gasteiger partial charge < -0.3 is 0 Å². The van der Waals surface area contributed by atoms with Gasteiger partial charge in [-0.3, -0.25) is 9.69 Å². The van der Waals surface area contributed by atoms with E-state index in [1.165, 1.54) is 21.8 Å². The number of nitrogens with zero attached hydrogens (tertiary/aromatic N) is 6. The van der Waals surface area contributed by atoms with Gasteiger partial charge in [0.1, 0.15) is 12.4 Å². The number of benzene rings is 1. The lowest BCUT2D eigenvalue weighted by Crippen LogP contribution is -2.44. The number of alkyl halides is 3. The van der Waals surface area contributed by atoms with Gasteiger partial charge in [-0.1, -0.05) is 29.8 Å². The molecule has 1 amide bonds. The Bertz CT molecular complexity index is 1360. The average molecular weight is 454 g/mol. The molecule has 170 valence electrons. The molecule has 1 unspecified atom stereocenters. The summed E-state index contributed by atoms with van der Waals surface area (Å²) in [6.45, 7) is 3.68. The summed E-state index contributed by atoms with van der Waals surface area (Å²) < 4.78 is 42.5. The highest BCUT2D eigenvalue weighted by atomic mass is 19.4. The minimum absolute atomic E-state index is 0.0468. The normalized spacial score (nSPS) is 16.3. The Hall–Kier alpha value is -3.69. The van der Waals surface area contributed by atoms with Crippen LogP contribution in [0.2, 0.25) is 0 Å². The van der Waals surface area contributed by atoms with Crippen LogP contribution in [0, 0.1) is 13.8 Å². The van der Waals surface area contributed by atoms with Crippen LogP contribution in [0.5, 0.6) is 0 Å². The van der Waals surface area contributed by atoms with Crippen molar-refractivity contribution in [1.82, 2.24) is 24.5 Å². The van der Waals surface area contributed by atoms with E-state index in [1.54, 1.807) is 6.20 Å². The van der Waals surface area contributed by atoms with E-state index < -0.39 is 12.2 Å². The van der Waals surface area contributed by atoms with E-state index in [1.807, 2.05) is 38.1 Å². The highest BCUT2D eigenvalue weighted by Crippen LogP contribution is 2.39. The van der Waals surface area contributed by atoms with Gasteiger partial charge >= 0.3 is 6.18 Å². The smallest absolute Gasteiger partial charge is 0.295 e. The minimum atomic E-state index is -4.43. The summed E-state index contributed by atoms with van der Waals surface area (Å²) in [4.78, 5) is 18.9. The molecule has 10 heteroatoms. The second kappa shape index (κ2) is 7.72. The molecule has 1 aliphatic heterocycles. The van der Waals surface area contributed by atoms with E-state index in [4.69, 9.17) is 0 Å². The van der Waals surface area contributed by atoms with E-state index in [0.29, 0.717) is 5.65 Å². The molecule has 0 saturated carbocycles. The third-order valence-electron chi connectivity index (χ3n) is 5.95. The SMILES string of the molecule is Cc1cccc(-c2ccnc3c2c(C)nn3CC(=O)N2CCC(C(F)(F)F)n3nccc32)c1. The fourth-order valence-electron chi connectivity index (χ4n) is 4.46. The molecule has 5 rings (SSSR count). The van der Waals surface area contributed by atoms with Crippen LogP contribution >= 0.6 is 0 Å². The Morgan fingerprint density at radius 1 is 1.15 bits per heavy atom. The van der Waals surface area contributed by atoms with Crippen LogP contribution in [0.25, 0.3) is 22.2 Å². The Balaban J connectivity index is 1.48. The van der Waals surface area contributed by atoms with Gasteiger partial charge in [0.05, 0.1) is 11.9 Å². The Labute approximate surface area is 187 Å². The van der Waals surface area contributed by atoms with Crippen LogP contribution in [0.1, 0.15) is 23.7 Å². The van der Waals surface area contributed by atoms with Crippen molar-refractivity contribution in [2.24, 2.45) is 0 Å². The molecule has 0 N–H and O–H groups in total. The Morgan fingerprint density at radius 2 is 1.97 bits per heavy atom. The largest absolute Gasteiger partial charge is 0.410 e. The van der Waals surface area contributed by atoms with Gasteiger partial charge in [-0.25, -0.2) is 14.3 Å². The number of aryl methyl sites for hydroxylation is 2. The van der Waals surface area contributed by atoms with Gasteiger partial charge in [-0.15, -0.1) is 0 Å². The van der Waals surface area contributed by atoms with Crippen LogP contribution in [0.4, 0.5) is 19.0 Å². The maximum atomic E-state index is 13.4. The summed E-state index contributed by atoms with van der Waals surface area (Å²) in [6, 6.07) is 9.68. The number of pyridine rings is 1. The molecule has 0 aliphatic carbocycles. The molecule has 0 spiro atoms. The molecule has 4 heterocycles. The molecule has 0 fully saturated rings. The molecule has 1 aromatic carbocycles. The van der Waals surface area contributed by atoms with Crippen LogP contribution in [0.15, 0.2) is 48.8 Å². The molecule has 33 heavy (non-hydrogen) atoms. The quantitative estimate of drug-likeness (QED) is 0.459. The molecule has 7 nitrogen and oxygen atoms in total. The van der Waals surface area contributed by atoms with Crippen molar-refractivity contribution in [1.29, 1.82) is 0 Å². The molecule has 1 atom stereocenters. The highest BCUT2D eigenvalue weighted by molar-refractivity contribution is 5.97. The second-order valence-electron chi connectivity index (χ2n) is 8.20. The third-order valence-corrected chi connectivity index (χ3v) is 5.95. The molecular formula is C23H21F3N6O. The zero-order valence-electron chi connectivity index (χ0n) is 18.0. The van der Waals surface area contributed by atoms with Crippen LogP contribution in [0.3, 0.4) is 0 Å². The zero-order valence-corrected chi connectivity index (χ0v) is 18.0. The average Bonchev–Trinajstić information content (AvgIpc) is 3.37. The molecule has 1 aliphatic rings. The lowest BCUT2D eigenvalue weighted by molar-refractivity contribution is -0.172. The monoisotopic (exact) mass is 454 g/mol. The van der Waals surface area contributed by atoms with Crippen molar-refractivity contribution >= 4 is 22.8 Å². The van der Waals surface area contributed by atoms with Crippen molar-refractivity contribution in [2.45, 2.75) is 39.0 Å². The van der Waals surface area contributed by atoms with Crippen molar-refractivity contribution in [2.75, 3.05) is 11.4 Å². The predicted molar refractivity (Wildman–Crippen MR) is 117 cm³/mol. The first-order chi connectivity index (χ1) is 15.7. The van der Waals surface area contributed by atoms with Gasteiger partial charge in [0.15, 0.2) is 11.7 Å². The number of carbonyl (C=O) groups excluding carboxylic acids is 1. The maximum absolute atomic E-state index is 13.4. The Kier molecular flexibility index (Phi) is 4.95. The molecule has 3 aromatic heterocycles. The third kappa shape index (κ3) is 3.65. The Morgan fingerprint density at radius 3 is 2.73 bits per heavy atom. The van der Waals surface area contributed by atoms with E-state index >= 15 is 0 Å². The number of fused-ring (bicyclic) bond motifs is 2. The fourth-order valence-corrected chi connectivity index (χ4v) is 4.46. The topological polar surface area (TPSA) is 68.8 Å². The van der Waals surface area contributed by atoms with E-state index in [-0.39, 0.29) is 31.2 Å². The number of halogens is 3. The first-order valence-corrected chi connectivity index (χ1v) is 10.5. The first-order valence-electron chi connectivity index (χ1n) is 10.5. The summed E-state index contributed by atoms with van der Waals surface area (Å²) in [5.41, 5.74) is 4.39. The molecule has 4 aromatic rings. The van der Waals surface area contributed by atoms with Crippen molar-refractivity contribution in [3.63, 3.8) is 0 Å². The summed E-state index contributed by atoms with van der Waals surface area (Å²) in [6.07, 6.45) is -1.73. The number of anilines is 1. The van der Waals surface area contributed by atoms with Gasteiger partial charge in [-0.2, -0.15) is 23.4 Å². The summed E-state index contributed by atoms with van der Waals surface area (Å²) in [7, 11) is 0. The van der Waals surface area contributed by atoms with Crippen molar-refractivity contribution in [3.8, 4) is 11.1 Å². The summed E-state index contributed by atoms with van der Waals surface area (Å²) in [5, 5.41) is 9.20. The molecule has 0 radical (unpaired) electrons. The van der Waals surface area contributed by atoms with Gasteiger partial charge in [0.25, 0.3) is 0 Å². The van der Waals surface area contributed by atoms with E-state index in [9.17, 15) is 18.0 Å². The minimum Gasteiger partial charge on any atom is -0.295 e. The standard InChI is InChI=1S/C23H21F3N6O/c1-14-4-3-5-16(12-14)17-6-9-27-22-21(17)15(2)29-31(22)13-20(33)30-11-8-18(23(24,25)26)32-19(30)7-10-28-32/h3-7,9-10,12,18H,8,11,13H2,1-2H3. The number of aromatic nitrogens is 5. The predicted octanol–water partition coefficient (Wildman–Crippen LogP) is 4.45. The maximum Gasteiger partial charge on any atom is 0.410 e. The van der Waals surface area contributed by atoms with Crippen LogP contribution in [-0.4, -0.2) is 43.2 Å². The van der Waals surface area contributed by atoms with Crippen LogP contribution in [-0.2, 0) is 11.3 Å². The number of rotatable bonds is 3. The fraction of sp³-hybridized carbons (Fsp3) is 0.304. The highest BCUT2D eigenvalue weighted by Gasteiger charge is 2.45. The van der Waals surface area contributed by atoms with Gasteiger partial charge in [-0.05, 0) is 37.5 Å². The number of hydrogen-bond acceptors (Lipinski definition) is 4. The zero-order chi connectivity index (χ0) is 23.3. The number of carbonyl (C=O) groups is 1. The number of amides is 1. The van der Waals surface area contributed by atoms with Gasteiger partial charge in [0, 0.05) is 24.2 Å². The number of hydrogen-bond donors (Lipinski definition) is 0. The summed E-state index contributed by atoms with van der Waals surface area (Å²) in [5.74, 6) is -0.236. The van der Waals surface area contributed by atoms with E-state index in [0.717, 1.165) is 32.5 Å². The van der Waals surface area contributed by atoms with Crippen molar-refractivity contribution in [3.05, 3.63) is 60.0 Å². The first kappa shape index (κ1) is 21.2. The second-order valence-corrected chi connectivity index (χ2v) is 8.20. The molecule has 0 bridgehead atoms. The molecule has 0 saturated heterocycles. The lowest BCUT2D eigenvalue weighted by Gasteiger charge is -2.33.